The first kappa shape index (κ1) is 23.8. The molecule has 2 aromatic rings. The highest BCUT2D eigenvalue weighted by atomic mass is 127. The third-order valence-electron chi connectivity index (χ3n) is 5.05. The molecule has 0 amide bonds. The predicted octanol–water partition coefficient (Wildman–Crippen LogP) is 2.78. The number of aliphatic imine (C=N–C) groups is 1. The molecule has 7 nitrogen and oxygen atoms in total. The maximum absolute atomic E-state index is 4.58. The van der Waals surface area contributed by atoms with Crippen LogP contribution in [0.15, 0.2) is 23.3 Å². The van der Waals surface area contributed by atoms with Crippen molar-refractivity contribution in [2.24, 2.45) is 4.99 Å². The van der Waals surface area contributed by atoms with Crippen LogP contribution in [-0.2, 0) is 13.1 Å². The molecule has 1 aliphatic heterocycles. The van der Waals surface area contributed by atoms with Gasteiger partial charge >= 0.3 is 0 Å². The number of pyridine rings is 1. The summed E-state index contributed by atoms with van der Waals surface area (Å²) < 4.78 is 0. The summed E-state index contributed by atoms with van der Waals surface area (Å²) in [6, 6.07) is 4.24. The Morgan fingerprint density at radius 3 is 2.52 bits per heavy atom. The van der Waals surface area contributed by atoms with E-state index in [1.807, 2.05) is 13.1 Å². The molecule has 160 valence electrons. The Labute approximate surface area is 195 Å². The van der Waals surface area contributed by atoms with Crippen LogP contribution < -0.4 is 15.5 Å². The van der Waals surface area contributed by atoms with Gasteiger partial charge in [0.2, 0.25) is 0 Å². The van der Waals surface area contributed by atoms with E-state index in [-0.39, 0.29) is 24.0 Å². The predicted molar refractivity (Wildman–Crippen MR) is 133 cm³/mol. The van der Waals surface area contributed by atoms with Crippen LogP contribution in [0, 0.1) is 13.8 Å². The molecule has 2 aromatic heterocycles. The van der Waals surface area contributed by atoms with Crippen molar-refractivity contribution in [3.05, 3.63) is 39.5 Å². The number of aryl methyl sites for hydroxylation is 2. The van der Waals surface area contributed by atoms with Crippen LogP contribution in [0.2, 0.25) is 0 Å². The Bertz CT molecular complexity index is 800. The summed E-state index contributed by atoms with van der Waals surface area (Å²) >= 11 is 1.73. The van der Waals surface area contributed by atoms with E-state index in [0.717, 1.165) is 61.7 Å². The number of thiazole rings is 1. The second kappa shape index (κ2) is 11.7. The van der Waals surface area contributed by atoms with Crippen molar-refractivity contribution in [3.63, 3.8) is 0 Å². The minimum absolute atomic E-state index is 0. The van der Waals surface area contributed by atoms with Crippen molar-refractivity contribution in [3.8, 4) is 0 Å². The van der Waals surface area contributed by atoms with E-state index in [2.05, 4.69) is 61.4 Å². The Hall–Kier alpha value is -1.46. The van der Waals surface area contributed by atoms with Gasteiger partial charge in [0.25, 0.3) is 0 Å². The summed E-state index contributed by atoms with van der Waals surface area (Å²) in [5.74, 6) is 1.86. The van der Waals surface area contributed by atoms with E-state index in [1.54, 1.807) is 18.4 Å². The average Bonchev–Trinajstić information content (AvgIpc) is 3.05. The first-order chi connectivity index (χ1) is 13.6. The number of hydrogen-bond acceptors (Lipinski definition) is 6. The molecular weight excluding hydrogens is 497 g/mol. The zero-order valence-electron chi connectivity index (χ0n) is 17.7. The molecule has 0 saturated carbocycles. The Balaban J connectivity index is 0.00000300. The van der Waals surface area contributed by atoms with Gasteiger partial charge in [0, 0.05) is 50.8 Å². The molecule has 3 heterocycles. The number of anilines is 1. The maximum Gasteiger partial charge on any atom is 0.191 e. The van der Waals surface area contributed by atoms with Crippen LogP contribution in [-0.4, -0.2) is 60.6 Å². The number of hydrogen-bond donors (Lipinski definition) is 2. The van der Waals surface area contributed by atoms with Gasteiger partial charge in [-0.2, -0.15) is 0 Å². The smallest absolute Gasteiger partial charge is 0.191 e. The van der Waals surface area contributed by atoms with Gasteiger partial charge in [-0.1, -0.05) is 6.92 Å². The highest BCUT2D eigenvalue weighted by Gasteiger charge is 2.16. The summed E-state index contributed by atoms with van der Waals surface area (Å²) in [5.41, 5.74) is 2.29. The Morgan fingerprint density at radius 1 is 1.17 bits per heavy atom. The number of halogens is 1. The van der Waals surface area contributed by atoms with Crippen molar-refractivity contribution in [2.75, 3.05) is 44.7 Å². The van der Waals surface area contributed by atoms with Crippen molar-refractivity contribution in [2.45, 2.75) is 33.9 Å². The molecule has 0 spiro atoms. The lowest BCUT2D eigenvalue weighted by Gasteiger charge is -2.34. The highest BCUT2D eigenvalue weighted by molar-refractivity contribution is 14.0. The van der Waals surface area contributed by atoms with E-state index < -0.39 is 0 Å². The molecule has 1 fully saturated rings. The number of aromatic nitrogens is 2. The SMILES string of the molecule is CCN1CCN(c2cc(CNC(=NC)NCc3sc(C)nc3C)ccn2)CC1.I. The van der Waals surface area contributed by atoms with Crippen LogP contribution in [0.4, 0.5) is 5.82 Å². The quantitative estimate of drug-likeness (QED) is 0.341. The summed E-state index contributed by atoms with van der Waals surface area (Å²) in [6.07, 6.45) is 1.90. The molecule has 2 N–H and O–H groups in total. The van der Waals surface area contributed by atoms with Gasteiger partial charge < -0.3 is 20.4 Å². The maximum atomic E-state index is 4.58. The lowest BCUT2D eigenvalue weighted by atomic mass is 10.2. The van der Waals surface area contributed by atoms with Crippen molar-refractivity contribution >= 4 is 47.1 Å². The van der Waals surface area contributed by atoms with Crippen LogP contribution in [0.1, 0.15) is 28.1 Å². The molecule has 9 heteroatoms. The Morgan fingerprint density at radius 2 is 1.90 bits per heavy atom. The fourth-order valence-electron chi connectivity index (χ4n) is 3.34. The fraction of sp³-hybridized carbons (Fsp3) is 0.550. The molecule has 0 atom stereocenters. The lowest BCUT2D eigenvalue weighted by molar-refractivity contribution is 0.270. The summed E-state index contributed by atoms with van der Waals surface area (Å²) in [4.78, 5) is 19.5. The molecule has 1 saturated heterocycles. The number of guanidine groups is 1. The van der Waals surface area contributed by atoms with Crippen LogP contribution >= 0.6 is 35.3 Å². The minimum atomic E-state index is 0. The molecule has 0 unspecified atom stereocenters. The first-order valence-electron chi connectivity index (χ1n) is 9.88. The van der Waals surface area contributed by atoms with Crippen LogP contribution in [0.5, 0.6) is 0 Å². The van der Waals surface area contributed by atoms with Gasteiger partial charge in [-0.05, 0) is 38.1 Å². The van der Waals surface area contributed by atoms with Gasteiger partial charge in [-0.25, -0.2) is 9.97 Å². The van der Waals surface area contributed by atoms with Gasteiger partial charge in [0.1, 0.15) is 5.82 Å². The van der Waals surface area contributed by atoms with Crippen molar-refractivity contribution in [1.82, 2.24) is 25.5 Å². The number of piperazine rings is 1. The molecule has 29 heavy (non-hydrogen) atoms. The zero-order chi connectivity index (χ0) is 19.9. The van der Waals surface area contributed by atoms with Crippen LogP contribution in [0.3, 0.4) is 0 Å². The summed E-state index contributed by atoms with van der Waals surface area (Å²) in [7, 11) is 1.80. The van der Waals surface area contributed by atoms with E-state index in [4.69, 9.17) is 0 Å². The van der Waals surface area contributed by atoms with Gasteiger partial charge in [0.05, 0.1) is 17.2 Å². The molecule has 1 aliphatic rings. The zero-order valence-corrected chi connectivity index (χ0v) is 20.9. The first-order valence-corrected chi connectivity index (χ1v) is 10.7. The average molecular weight is 529 g/mol. The van der Waals surface area contributed by atoms with E-state index in [9.17, 15) is 0 Å². The lowest BCUT2D eigenvalue weighted by Crippen LogP contribution is -2.46. The van der Waals surface area contributed by atoms with E-state index in [1.165, 1.54) is 10.4 Å². The second-order valence-electron chi connectivity index (χ2n) is 6.96. The number of rotatable bonds is 6. The normalized spacial score (nSPS) is 15.2. The molecule has 0 aliphatic carbocycles. The molecule has 3 rings (SSSR count). The summed E-state index contributed by atoms with van der Waals surface area (Å²) in [6.45, 7) is 13.2. The molecule has 0 bridgehead atoms. The number of nitrogens with one attached hydrogen (secondary N) is 2. The number of nitrogens with zero attached hydrogens (tertiary/aromatic N) is 5. The molecule has 0 radical (unpaired) electrons. The second-order valence-corrected chi connectivity index (χ2v) is 8.25. The monoisotopic (exact) mass is 529 g/mol. The van der Waals surface area contributed by atoms with Crippen LogP contribution in [0.25, 0.3) is 0 Å². The fourth-order valence-corrected chi connectivity index (χ4v) is 4.22. The van der Waals surface area contributed by atoms with Crippen molar-refractivity contribution < 1.29 is 0 Å². The standard InChI is InChI=1S/C20H31N7S.HI/c1-5-26-8-10-27(11-9-26)19-12-17(6-7-22-19)13-23-20(21-4)24-14-18-15(2)25-16(3)28-18;/h6-7,12H,5,8-11,13-14H2,1-4H3,(H2,21,23,24);1H. The number of likely N-dealkylation sites (N-methyl/N-ethyl adjacent to an activating group) is 1. The van der Waals surface area contributed by atoms with Crippen molar-refractivity contribution in [1.29, 1.82) is 0 Å². The van der Waals surface area contributed by atoms with E-state index >= 15 is 0 Å². The van der Waals surface area contributed by atoms with E-state index in [0.29, 0.717) is 6.54 Å². The largest absolute Gasteiger partial charge is 0.354 e. The van der Waals surface area contributed by atoms with Gasteiger partial charge in [0.15, 0.2) is 5.96 Å². The topological polar surface area (TPSA) is 68.7 Å². The minimum Gasteiger partial charge on any atom is -0.354 e. The summed E-state index contributed by atoms with van der Waals surface area (Å²) in [5, 5.41) is 7.87. The van der Waals surface area contributed by atoms with Gasteiger partial charge in [-0.3, -0.25) is 4.99 Å². The molecular formula is C20H32IN7S. The Kier molecular flexibility index (Phi) is 9.57. The highest BCUT2D eigenvalue weighted by Crippen LogP contribution is 2.17. The molecule has 0 aromatic carbocycles. The third kappa shape index (κ3) is 6.78. The van der Waals surface area contributed by atoms with Gasteiger partial charge in [-0.15, -0.1) is 35.3 Å². The third-order valence-corrected chi connectivity index (χ3v) is 6.13.